The molecular formula is C8H12K. The molecule has 1 radical (unpaired) electrons. The first-order valence-electron chi connectivity index (χ1n) is 3.28. The third-order valence-corrected chi connectivity index (χ3v) is 1.42. The van der Waals surface area contributed by atoms with Crippen LogP contribution in [-0.4, -0.2) is 51.4 Å². The molecule has 0 N–H and O–H groups in total. The standard InChI is InChI=1S/C8H12.K/c1-2-5-8-6-3-4-7-8;/h3-4,6H,2,5,7H2,1H3;. The van der Waals surface area contributed by atoms with Crippen molar-refractivity contribution < 1.29 is 0 Å². The first-order chi connectivity index (χ1) is 3.93. The van der Waals surface area contributed by atoms with Gasteiger partial charge in [-0.15, -0.1) is 0 Å². The fraction of sp³-hybridized carbons (Fsp3) is 0.500. The van der Waals surface area contributed by atoms with Crippen molar-refractivity contribution in [2.45, 2.75) is 26.2 Å². The number of hydrogen-bond acceptors (Lipinski definition) is 0. The second-order valence-corrected chi connectivity index (χ2v) is 2.21. The van der Waals surface area contributed by atoms with Crippen LogP contribution in [-0.2, 0) is 0 Å². The van der Waals surface area contributed by atoms with Gasteiger partial charge in [-0.05, 0) is 12.8 Å². The first-order valence-corrected chi connectivity index (χ1v) is 3.28. The van der Waals surface area contributed by atoms with Crippen molar-refractivity contribution in [1.29, 1.82) is 0 Å². The van der Waals surface area contributed by atoms with E-state index in [1.54, 1.807) is 5.57 Å². The predicted octanol–water partition coefficient (Wildman–Crippen LogP) is 2.29. The summed E-state index contributed by atoms with van der Waals surface area (Å²) >= 11 is 0. The maximum atomic E-state index is 2.23. The Morgan fingerprint density at radius 1 is 1.56 bits per heavy atom. The van der Waals surface area contributed by atoms with E-state index in [1.165, 1.54) is 19.3 Å². The third-order valence-electron chi connectivity index (χ3n) is 1.42. The molecule has 1 aliphatic carbocycles. The molecule has 1 heteroatoms. The van der Waals surface area contributed by atoms with Crippen molar-refractivity contribution in [3.8, 4) is 0 Å². The average molecular weight is 147 g/mol. The molecule has 1 rings (SSSR count). The van der Waals surface area contributed by atoms with Crippen LogP contribution >= 0.6 is 0 Å². The summed E-state index contributed by atoms with van der Waals surface area (Å²) in [6, 6.07) is 0. The molecule has 0 amide bonds. The van der Waals surface area contributed by atoms with Crippen LogP contribution in [0.4, 0.5) is 0 Å². The van der Waals surface area contributed by atoms with Crippen LogP contribution < -0.4 is 0 Å². The van der Waals surface area contributed by atoms with Gasteiger partial charge in [0.15, 0.2) is 0 Å². The molecule has 0 aromatic carbocycles. The molecule has 0 nitrogen and oxygen atoms in total. The predicted molar refractivity (Wildman–Crippen MR) is 42.5 cm³/mol. The van der Waals surface area contributed by atoms with Crippen LogP contribution in [0.1, 0.15) is 26.2 Å². The van der Waals surface area contributed by atoms with Gasteiger partial charge < -0.3 is 0 Å². The van der Waals surface area contributed by atoms with E-state index in [0.29, 0.717) is 0 Å². The van der Waals surface area contributed by atoms with Crippen molar-refractivity contribution in [1.82, 2.24) is 0 Å². The minimum Gasteiger partial charge on any atom is -0.0805 e. The van der Waals surface area contributed by atoms with E-state index >= 15 is 0 Å². The maximum Gasteiger partial charge on any atom is 0 e. The topological polar surface area (TPSA) is 0 Å². The normalized spacial score (nSPS) is 15.0. The molecule has 0 heterocycles. The fourth-order valence-corrected chi connectivity index (χ4v) is 0.998. The molecule has 0 saturated carbocycles. The van der Waals surface area contributed by atoms with Gasteiger partial charge in [-0.25, -0.2) is 0 Å². The summed E-state index contributed by atoms with van der Waals surface area (Å²) in [5.41, 5.74) is 1.59. The van der Waals surface area contributed by atoms with Crippen molar-refractivity contribution in [3.05, 3.63) is 23.8 Å². The zero-order chi connectivity index (χ0) is 5.82. The molecule has 0 saturated heterocycles. The molecular weight excluding hydrogens is 135 g/mol. The van der Waals surface area contributed by atoms with E-state index < -0.39 is 0 Å². The van der Waals surface area contributed by atoms with Crippen molar-refractivity contribution >= 4 is 51.4 Å². The molecule has 45 valence electrons. The maximum absolute atomic E-state index is 2.23. The van der Waals surface area contributed by atoms with Gasteiger partial charge in [-0.2, -0.15) is 0 Å². The SMILES string of the molecule is CCCC1=CC=CC1.[K]. The number of hydrogen-bond donors (Lipinski definition) is 0. The summed E-state index contributed by atoms with van der Waals surface area (Å²) in [7, 11) is 0. The Bertz CT molecular complexity index is 123. The molecule has 0 aromatic heterocycles. The Hall–Kier alpha value is 1.12. The zero-order valence-corrected chi connectivity index (χ0v) is 9.48. The van der Waals surface area contributed by atoms with E-state index in [-0.39, 0.29) is 51.4 Å². The number of rotatable bonds is 2. The van der Waals surface area contributed by atoms with Crippen molar-refractivity contribution in [2.75, 3.05) is 0 Å². The minimum absolute atomic E-state index is 0. The monoisotopic (exact) mass is 147 g/mol. The Balaban J connectivity index is 0.000000640. The summed E-state index contributed by atoms with van der Waals surface area (Å²) in [4.78, 5) is 0. The summed E-state index contributed by atoms with van der Waals surface area (Å²) in [6.07, 6.45) is 10.4. The largest absolute Gasteiger partial charge is 0.0805 e. The Morgan fingerprint density at radius 3 is 2.78 bits per heavy atom. The van der Waals surface area contributed by atoms with Crippen LogP contribution in [0.3, 0.4) is 0 Å². The third kappa shape index (κ3) is 3.74. The van der Waals surface area contributed by atoms with Gasteiger partial charge in [0.2, 0.25) is 0 Å². The van der Waals surface area contributed by atoms with Gasteiger partial charge >= 0.3 is 0 Å². The molecule has 0 aromatic rings. The summed E-state index contributed by atoms with van der Waals surface area (Å²) in [5.74, 6) is 0. The van der Waals surface area contributed by atoms with Crippen LogP contribution in [0, 0.1) is 0 Å². The van der Waals surface area contributed by atoms with Crippen LogP contribution in [0.5, 0.6) is 0 Å². The summed E-state index contributed by atoms with van der Waals surface area (Å²) in [5, 5.41) is 0. The Kier molecular flexibility index (Phi) is 6.60. The fourth-order valence-electron chi connectivity index (χ4n) is 0.998. The first kappa shape index (κ1) is 10.1. The van der Waals surface area contributed by atoms with Crippen LogP contribution in [0.25, 0.3) is 0 Å². The molecule has 0 spiro atoms. The van der Waals surface area contributed by atoms with E-state index in [4.69, 9.17) is 0 Å². The molecule has 9 heavy (non-hydrogen) atoms. The van der Waals surface area contributed by atoms with Crippen molar-refractivity contribution in [2.24, 2.45) is 0 Å². The Morgan fingerprint density at radius 2 is 2.33 bits per heavy atom. The summed E-state index contributed by atoms with van der Waals surface area (Å²) in [6.45, 7) is 2.22. The van der Waals surface area contributed by atoms with Gasteiger partial charge in [0, 0.05) is 51.4 Å². The molecule has 0 fully saturated rings. The Labute approximate surface area is 99.8 Å². The quantitative estimate of drug-likeness (QED) is 0.526. The second-order valence-electron chi connectivity index (χ2n) is 2.21. The summed E-state index contributed by atoms with van der Waals surface area (Å²) < 4.78 is 0. The van der Waals surface area contributed by atoms with E-state index in [0.717, 1.165) is 0 Å². The van der Waals surface area contributed by atoms with E-state index in [9.17, 15) is 0 Å². The van der Waals surface area contributed by atoms with Gasteiger partial charge in [0.25, 0.3) is 0 Å². The second kappa shape index (κ2) is 5.87. The van der Waals surface area contributed by atoms with Gasteiger partial charge in [-0.1, -0.05) is 37.1 Å². The number of allylic oxidation sites excluding steroid dienone is 4. The van der Waals surface area contributed by atoms with E-state index in [1.807, 2.05) is 0 Å². The average Bonchev–Trinajstić information content (AvgIpc) is 2.19. The molecule has 0 unspecified atom stereocenters. The van der Waals surface area contributed by atoms with Gasteiger partial charge in [0.1, 0.15) is 0 Å². The molecule has 0 bridgehead atoms. The van der Waals surface area contributed by atoms with Crippen LogP contribution in [0.2, 0.25) is 0 Å². The van der Waals surface area contributed by atoms with Crippen molar-refractivity contribution in [3.63, 3.8) is 0 Å². The van der Waals surface area contributed by atoms with Gasteiger partial charge in [0.05, 0.1) is 0 Å². The molecule has 0 aliphatic heterocycles. The molecule has 1 aliphatic rings. The van der Waals surface area contributed by atoms with Gasteiger partial charge in [-0.3, -0.25) is 0 Å². The molecule has 0 atom stereocenters. The zero-order valence-electron chi connectivity index (χ0n) is 6.35. The van der Waals surface area contributed by atoms with Crippen LogP contribution in [0.15, 0.2) is 23.8 Å². The van der Waals surface area contributed by atoms with E-state index in [2.05, 4.69) is 25.2 Å². The minimum atomic E-state index is 0. The smallest absolute Gasteiger partial charge is 0 e.